The molecule has 1 unspecified atom stereocenters. The molecule has 33 heavy (non-hydrogen) atoms. The van der Waals surface area contributed by atoms with Crippen molar-refractivity contribution in [2.75, 3.05) is 32.8 Å². The lowest BCUT2D eigenvalue weighted by Crippen LogP contribution is -2.38. The van der Waals surface area contributed by atoms with Crippen molar-refractivity contribution in [1.82, 2.24) is 9.80 Å². The minimum Gasteiger partial charge on any atom is -0.507 e. The van der Waals surface area contributed by atoms with Crippen LogP contribution in [0.15, 0.2) is 48.0 Å². The molecule has 0 spiro atoms. The molecule has 0 aromatic heterocycles. The van der Waals surface area contributed by atoms with Gasteiger partial charge in [0.2, 0.25) is 0 Å². The number of hydrogen-bond acceptors (Lipinski definition) is 5. The first-order valence-electron chi connectivity index (χ1n) is 11.3. The summed E-state index contributed by atoms with van der Waals surface area (Å²) in [6.07, 6.45) is 0. The summed E-state index contributed by atoms with van der Waals surface area (Å²) in [5.41, 5.74) is 2.11. The zero-order valence-electron chi connectivity index (χ0n) is 19.6. The van der Waals surface area contributed by atoms with Gasteiger partial charge >= 0.3 is 0 Å². The van der Waals surface area contributed by atoms with Gasteiger partial charge in [-0.2, -0.15) is 0 Å². The second-order valence-corrected chi connectivity index (χ2v) is 8.42. The van der Waals surface area contributed by atoms with Crippen LogP contribution in [-0.2, 0) is 9.59 Å². The molecule has 2 aromatic rings. The van der Waals surface area contributed by atoms with Gasteiger partial charge < -0.3 is 19.6 Å². The number of likely N-dealkylation sites (N-methyl/N-ethyl adjacent to an activating group) is 1. The lowest BCUT2D eigenvalue weighted by Gasteiger charge is -2.28. The van der Waals surface area contributed by atoms with Crippen LogP contribution in [0, 0.1) is 6.92 Å². The van der Waals surface area contributed by atoms with E-state index in [2.05, 4.69) is 18.7 Å². The summed E-state index contributed by atoms with van der Waals surface area (Å²) >= 11 is 6.08. The maximum Gasteiger partial charge on any atom is 0.295 e. The number of carbonyl (C=O) groups is 2. The Kier molecular flexibility index (Phi) is 8.16. The predicted octanol–water partition coefficient (Wildman–Crippen LogP) is 4.81. The van der Waals surface area contributed by atoms with Crippen LogP contribution < -0.4 is 4.74 Å². The monoisotopic (exact) mass is 470 g/mol. The van der Waals surface area contributed by atoms with Gasteiger partial charge in [0.1, 0.15) is 11.5 Å². The maximum absolute atomic E-state index is 13.1. The molecule has 0 aliphatic carbocycles. The number of Topliss-reactive ketones (excluding diaryl/α,β-unsaturated/α-hetero) is 1. The third-order valence-electron chi connectivity index (χ3n) is 6.03. The topological polar surface area (TPSA) is 70.1 Å². The van der Waals surface area contributed by atoms with Gasteiger partial charge in [-0.1, -0.05) is 37.6 Å². The molecule has 1 aliphatic heterocycles. The normalized spacial score (nSPS) is 17.8. The minimum absolute atomic E-state index is 0.0884. The molecule has 1 heterocycles. The molecule has 1 saturated heterocycles. The zero-order chi connectivity index (χ0) is 24.1. The van der Waals surface area contributed by atoms with Crippen molar-refractivity contribution in [3.05, 3.63) is 69.8 Å². The number of halogens is 1. The van der Waals surface area contributed by atoms with Gasteiger partial charge in [-0.05, 0) is 68.4 Å². The largest absolute Gasteiger partial charge is 0.507 e. The second-order valence-electron chi connectivity index (χ2n) is 7.98. The molecular formula is C26H31ClN2O4. The number of benzene rings is 2. The van der Waals surface area contributed by atoms with E-state index in [4.69, 9.17) is 16.3 Å². The SMILES string of the molecule is CCOc1ccc(/C(O)=C2/C(=O)C(=O)N(CCN(CC)CC)C2c2ccc(Cl)cc2)cc1C. The molecule has 176 valence electrons. The summed E-state index contributed by atoms with van der Waals surface area (Å²) in [7, 11) is 0. The van der Waals surface area contributed by atoms with E-state index in [9.17, 15) is 14.7 Å². The van der Waals surface area contributed by atoms with Crippen LogP contribution in [0.3, 0.4) is 0 Å². The Balaban J connectivity index is 2.09. The third-order valence-corrected chi connectivity index (χ3v) is 6.28. The van der Waals surface area contributed by atoms with Gasteiger partial charge in [-0.15, -0.1) is 0 Å². The lowest BCUT2D eigenvalue weighted by atomic mass is 9.95. The van der Waals surface area contributed by atoms with Crippen molar-refractivity contribution in [3.8, 4) is 5.75 Å². The maximum atomic E-state index is 13.1. The molecule has 1 aliphatic rings. The van der Waals surface area contributed by atoms with Crippen molar-refractivity contribution in [3.63, 3.8) is 0 Å². The van der Waals surface area contributed by atoms with Gasteiger partial charge in [0.25, 0.3) is 11.7 Å². The fourth-order valence-corrected chi connectivity index (χ4v) is 4.29. The Morgan fingerprint density at radius 1 is 1.09 bits per heavy atom. The molecule has 1 N–H and O–H groups in total. The van der Waals surface area contributed by atoms with E-state index in [1.807, 2.05) is 13.8 Å². The van der Waals surface area contributed by atoms with Crippen molar-refractivity contribution in [1.29, 1.82) is 0 Å². The van der Waals surface area contributed by atoms with Crippen LogP contribution >= 0.6 is 11.6 Å². The number of nitrogens with zero attached hydrogens (tertiary/aromatic N) is 2. The summed E-state index contributed by atoms with van der Waals surface area (Å²) in [6, 6.07) is 11.6. The highest BCUT2D eigenvalue weighted by atomic mass is 35.5. The average Bonchev–Trinajstić information content (AvgIpc) is 3.06. The molecule has 2 aromatic carbocycles. The average molecular weight is 471 g/mol. The van der Waals surface area contributed by atoms with Crippen LogP contribution in [-0.4, -0.2) is 59.4 Å². The Labute approximate surface area is 200 Å². The van der Waals surface area contributed by atoms with Crippen LogP contribution in [0.5, 0.6) is 5.75 Å². The number of aryl methyl sites for hydroxylation is 1. The van der Waals surface area contributed by atoms with Gasteiger partial charge in [-0.25, -0.2) is 0 Å². The summed E-state index contributed by atoms with van der Waals surface area (Å²) in [5, 5.41) is 11.8. The van der Waals surface area contributed by atoms with E-state index in [0.717, 1.165) is 24.2 Å². The molecule has 0 saturated carbocycles. The summed E-state index contributed by atoms with van der Waals surface area (Å²) < 4.78 is 5.59. The van der Waals surface area contributed by atoms with Gasteiger partial charge in [0.15, 0.2) is 0 Å². The minimum atomic E-state index is -0.690. The van der Waals surface area contributed by atoms with Crippen molar-refractivity contribution >= 4 is 29.1 Å². The third kappa shape index (κ3) is 5.23. The first-order chi connectivity index (χ1) is 15.8. The molecule has 7 heteroatoms. The number of hydrogen-bond donors (Lipinski definition) is 1. The molecule has 0 bridgehead atoms. The van der Waals surface area contributed by atoms with E-state index < -0.39 is 17.7 Å². The van der Waals surface area contributed by atoms with E-state index >= 15 is 0 Å². The quantitative estimate of drug-likeness (QED) is 0.323. The van der Waals surface area contributed by atoms with Crippen molar-refractivity contribution in [2.45, 2.75) is 33.7 Å². The zero-order valence-corrected chi connectivity index (χ0v) is 20.4. The molecule has 1 fully saturated rings. The Hall–Kier alpha value is -2.83. The molecule has 0 radical (unpaired) electrons. The van der Waals surface area contributed by atoms with Crippen LogP contribution in [0.25, 0.3) is 5.76 Å². The van der Waals surface area contributed by atoms with Gasteiger partial charge in [0.05, 0.1) is 18.2 Å². The number of rotatable bonds is 9. The highest BCUT2D eigenvalue weighted by Crippen LogP contribution is 2.40. The number of ketones is 1. The first kappa shape index (κ1) is 24.8. The van der Waals surface area contributed by atoms with Gasteiger partial charge in [0, 0.05) is 23.7 Å². The van der Waals surface area contributed by atoms with Crippen LogP contribution in [0.2, 0.25) is 5.02 Å². The number of aliphatic hydroxyl groups excluding tert-OH is 1. The highest BCUT2D eigenvalue weighted by Gasteiger charge is 2.46. The number of likely N-dealkylation sites (tertiary alicyclic amines) is 1. The van der Waals surface area contributed by atoms with Crippen molar-refractivity contribution in [2.24, 2.45) is 0 Å². The fourth-order valence-electron chi connectivity index (χ4n) is 4.16. The van der Waals surface area contributed by atoms with E-state index in [0.29, 0.717) is 36.0 Å². The highest BCUT2D eigenvalue weighted by molar-refractivity contribution is 6.46. The van der Waals surface area contributed by atoms with Gasteiger partial charge in [-0.3, -0.25) is 9.59 Å². The van der Waals surface area contributed by atoms with Crippen LogP contribution in [0.4, 0.5) is 0 Å². The standard InChI is InChI=1S/C26H31ClN2O4/c1-5-28(6-2)14-15-29-23(18-8-11-20(27)12-9-18)22(25(31)26(29)32)24(30)19-10-13-21(33-7-3)17(4)16-19/h8-13,16,23,30H,5-7,14-15H2,1-4H3/b24-22-. The number of carbonyl (C=O) groups excluding carboxylic acids is 2. The Morgan fingerprint density at radius 3 is 2.33 bits per heavy atom. The van der Waals surface area contributed by atoms with Crippen LogP contribution in [0.1, 0.15) is 43.5 Å². The number of ether oxygens (including phenoxy) is 1. The second kappa shape index (κ2) is 10.9. The predicted molar refractivity (Wildman–Crippen MR) is 131 cm³/mol. The number of amides is 1. The summed E-state index contributed by atoms with van der Waals surface area (Å²) in [6.45, 7) is 11.1. The Bertz CT molecular complexity index is 1040. The summed E-state index contributed by atoms with van der Waals surface area (Å²) in [4.78, 5) is 30.0. The molecule has 1 amide bonds. The van der Waals surface area contributed by atoms with Crippen molar-refractivity contribution < 1.29 is 19.4 Å². The fraction of sp³-hybridized carbons (Fsp3) is 0.385. The Morgan fingerprint density at radius 2 is 1.76 bits per heavy atom. The van der Waals surface area contributed by atoms with E-state index in [1.54, 1.807) is 47.4 Å². The molecule has 3 rings (SSSR count). The molecule has 1 atom stereocenters. The molecular weight excluding hydrogens is 440 g/mol. The lowest BCUT2D eigenvalue weighted by molar-refractivity contribution is -0.140. The first-order valence-corrected chi connectivity index (χ1v) is 11.7. The van der Waals surface area contributed by atoms with E-state index in [-0.39, 0.29) is 11.3 Å². The smallest absolute Gasteiger partial charge is 0.295 e. The van der Waals surface area contributed by atoms with E-state index in [1.165, 1.54) is 0 Å². The summed E-state index contributed by atoms with van der Waals surface area (Å²) in [5.74, 6) is -0.766. The molecule has 6 nitrogen and oxygen atoms in total. The number of aliphatic hydroxyl groups is 1.